The first-order chi connectivity index (χ1) is 17.4. The van der Waals surface area contributed by atoms with Gasteiger partial charge in [0.05, 0.1) is 36.6 Å². The van der Waals surface area contributed by atoms with Crippen molar-refractivity contribution in [3.63, 3.8) is 0 Å². The molecular formula is C35H74N2O3. The van der Waals surface area contributed by atoms with Crippen molar-refractivity contribution < 1.29 is 14.2 Å². The van der Waals surface area contributed by atoms with Gasteiger partial charge in [0, 0.05) is 16.6 Å². The zero-order valence-electron chi connectivity index (χ0n) is 30.6. The van der Waals surface area contributed by atoms with Crippen LogP contribution in [-0.4, -0.2) is 53.2 Å². The molecular weight excluding hydrogens is 496 g/mol. The average Bonchev–Trinajstić information content (AvgIpc) is 2.70. The van der Waals surface area contributed by atoms with Crippen molar-refractivity contribution in [3.8, 4) is 0 Å². The highest BCUT2D eigenvalue weighted by atomic mass is 16.5. The molecule has 0 saturated carbocycles. The van der Waals surface area contributed by atoms with Crippen LogP contribution in [0.4, 0.5) is 0 Å². The van der Waals surface area contributed by atoms with Crippen LogP contribution in [-0.2, 0) is 14.2 Å². The molecule has 0 saturated heterocycles. The van der Waals surface area contributed by atoms with E-state index in [1.54, 1.807) is 0 Å². The Morgan fingerprint density at radius 1 is 0.525 bits per heavy atom. The Hall–Kier alpha value is -0.200. The van der Waals surface area contributed by atoms with E-state index in [0.29, 0.717) is 36.9 Å². The SMILES string of the molecule is CC(COC(C)(C)CC(C)(C)CC(C)(C)OCC(C)C(C)(C)NC(C)(C)C(C)COC(C)(C)C(C)C)C(C)(C)N. The molecule has 0 aliphatic heterocycles. The molecule has 40 heavy (non-hydrogen) atoms. The summed E-state index contributed by atoms with van der Waals surface area (Å²) in [6.45, 7) is 44.5. The Labute approximate surface area is 251 Å². The molecule has 0 amide bonds. The van der Waals surface area contributed by atoms with Crippen LogP contribution in [0.2, 0.25) is 0 Å². The summed E-state index contributed by atoms with van der Waals surface area (Å²) in [5, 5.41) is 3.96. The molecule has 0 aliphatic rings. The molecule has 242 valence electrons. The van der Waals surface area contributed by atoms with Crippen molar-refractivity contribution in [1.29, 1.82) is 0 Å². The molecule has 0 fully saturated rings. The van der Waals surface area contributed by atoms with Gasteiger partial charge in [-0.2, -0.15) is 0 Å². The summed E-state index contributed by atoms with van der Waals surface area (Å²) in [5.74, 6) is 1.46. The van der Waals surface area contributed by atoms with Gasteiger partial charge in [-0.3, -0.25) is 0 Å². The zero-order valence-corrected chi connectivity index (χ0v) is 30.6. The van der Waals surface area contributed by atoms with Crippen LogP contribution in [0.3, 0.4) is 0 Å². The summed E-state index contributed by atoms with van der Waals surface area (Å²) in [7, 11) is 0. The summed E-state index contributed by atoms with van der Waals surface area (Å²) in [5.41, 5.74) is 5.34. The van der Waals surface area contributed by atoms with Gasteiger partial charge >= 0.3 is 0 Å². The van der Waals surface area contributed by atoms with Crippen LogP contribution < -0.4 is 11.1 Å². The van der Waals surface area contributed by atoms with Crippen molar-refractivity contribution in [2.24, 2.45) is 34.8 Å². The smallest absolute Gasteiger partial charge is 0.0649 e. The molecule has 5 heteroatoms. The van der Waals surface area contributed by atoms with E-state index < -0.39 is 0 Å². The summed E-state index contributed by atoms with van der Waals surface area (Å²) in [6.07, 6.45) is 1.91. The Kier molecular flexibility index (Phi) is 14.0. The van der Waals surface area contributed by atoms with E-state index in [1.807, 2.05) is 0 Å². The summed E-state index contributed by atoms with van der Waals surface area (Å²) < 4.78 is 19.4. The molecule has 0 aromatic carbocycles. The number of hydrogen-bond acceptors (Lipinski definition) is 5. The van der Waals surface area contributed by atoms with Gasteiger partial charge in [-0.15, -0.1) is 0 Å². The minimum Gasteiger partial charge on any atom is -0.375 e. The van der Waals surface area contributed by atoms with E-state index in [4.69, 9.17) is 19.9 Å². The Bertz CT molecular complexity index is 744. The Balaban J connectivity index is 5.10. The summed E-state index contributed by atoms with van der Waals surface area (Å²) in [6, 6.07) is 0. The predicted molar refractivity (Wildman–Crippen MR) is 175 cm³/mol. The van der Waals surface area contributed by atoms with Crippen LogP contribution in [0.25, 0.3) is 0 Å². The second-order valence-corrected chi connectivity index (χ2v) is 17.8. The maximum Gasteiger partial charge on any atom is 0.0649 e. The fourth-order valence-corrected chi connectivity index (χ4v) is 5.39. The van der Waals surface area contributed by atoms with Crippen molar-refractivity contribution in [3.05, 3.63) is 0 Å². The van der Waals surface area contributed by atoms with E-state index >= 15 is 0 Å². The fourth-order valence-electron chi connectivity index (χ4n) is 5.39. The molecule has 0 radical (unpaired) electrons. The lowest BCUT2D eigenvalue weighted by atomic mass is 9.74. The molecule has 0 aromatic rings. The average molecular weight is 571 g/mol. The molecule has 0 aliphatic carbocycles. The lowest BCUT2D eigenvalue weighted by Gasteiger charge is -2.45. The molecule has 0 aromatic heterocycles. The van der Waals surface area contributed by atoms with Crippen LogP contribution in [0.1, 0.15) is 144 Å². The van der Waals surface area contributed by atoms with E-state index in [0.717, 1.165) is 19.4 Å². The third-order valence-corrected chi connectivity index (χ3v) is 9.73. The lowest BCUT2D eigenvalue weighted by Crippen LogP contribution is -2.59. The van der Waals surface area contributed by atoms with E-state index in [1.165, 1.54) is 0 Å². The Morgan fingerprint density at radius 2 is 0.850 bits per heavy atom. The van der Waals surface area contributed by atoms with Gasteiger partial charge in [0.2, 0.25) is 0 Å². The highest BCUT2D eigenvalue weighted by molar-refractivity contribution is 4.95. The highest BCUT2D eigenvalue weighted by Gasteiger charge is 2.39. The molecule has 0 bridgehead atoms. The molecule has 5 nitrogen and oxygen atoms in total. The first-order valence-corrected chi connectivity index (χ1v) is 15.9. The van der Waals surface area contributed by atoms with Crippen molar-refractivity contribution in [2.45, 2.75) is 178 Å². The lowest BCUT2D eigenvalue weighted by molar-refractivity contribution is -0.0977. The second kappa shape index (κ2) is 14.1. The number of nitrogens with one attached hydrogen (secondary N) is 1. The normalized spacial score (nSPS) is 17.3. The van der Waals surface area contributed by atoms with Crippen LogP contribution in [0.15, 0.2) is 0 Å². The number of rotatable bonds is 19. The summed E-state index contributed by atoms with van der Waals surface area (Å²) >= 11 is 0. The standard InChI is InChI=1S/C35H74N2O3/c1-25(2)35(18,19)40-22-28(5)34(16,17)37-33(14,15)27(4)21-39-31(10,11)24-29(6,7)23-30(8,9)38-20-26(3)32(12,13)36/h25-28,37H,20-24,36H2,1-19H3. The molecule has 0 spiro atoms. The van der Waals surface area contributed by atoms with Gasteiger partial charge in [0.25, 0.3) is 0 Å². The predicted octanol–water partition coefficient (Wildman–Crippen LogP) is 8.63. The largest absolute Gasteiger partial charge is 0.375 e. The van der Waals surface area contributed by atoms with Gasteiger partial charge in [-0.25, -0.2) is 0 Å². The van der Waals surface area contributed by atoms with Crippen molar-refractivity contribution >= 4 is 0 Å². The maximum absolute atomic E-state index is 6.64. The zero-order chi connectivity index (χ0) is 32.2. The molecule has 0 heterocycles. The number of ether oxygens (including phenoxy) is 3. The topological polar surface area (TPSA) is 65.7 Å². The third kappa shape index (κ3) is 14.3. The van der Waals surface area contributed by atoms with Crippen LogP contribution in [0, 0.1) is 29.1 Å². The van der Waals surface area contributed by atoms with Crippen LogP contribution >= 0.6 is 0 Å². The number of nitrogens with two attached hydrogens (primary N) is 1. The van der Waals surface area contributed by atoms with E-state index in [-0.39, 0.29) is 38.8 Å². The van der Waals surface area contributed by atoms with Gasteiger partial charge in [0.15, 0.2) is 0 Å². The monoisotopic (exact) mass is 571 g/mol. The Morgan fingerprint density at radius 3 is 1.18 bits per heavy atom. The summed E-state index contributed by atoms with van der Waals surface area (Å²) in [4.78, 5) is 0. The quantitative estimate of drug-likeness (QED) is 0.163. The van der Waals surface area contributed by atoms with Gasteiger partial charge in [0.1, 0.15) is 0 Å². The third-order valence-electron chi connectivity index (χ3n) is 9.73. The minimum atomic E-state index is -0.244. The van der Waals surface area contributed by atoms with Gasteiger partial charge < -0.3 is 25.3 Å². The highest BCUT2D eigenvalue weighted by Crippen LogP contribution is 2.39. The fraction of sp³-hybridized carbons (Fsp3) is 1.00. The van der Waals surface area contributed by atoms with Gasteiger partial charge in [-0.05, 0) is 125 Å². The molecule has 0 rings (SSSR count). The maximum atomic E-state index is 6.64. The minimum absolute atomic E-state index is 0.0622. The van der Waals surface area contributed by atoms with E-state index in [2.05, 4.69) is 137 Å². The molecule has 3 atom stereocenters. The van der Waals surface area contributed by atoms with Crippen LogP contribution in [0.5, 0.6) is 0 Å². The molecule has 3 unspecified atom stereocenters. The molecule has 3 N–H and O–H groups in total. The second-order valence-electron chi connectivity index (χ2n) is 17.8. The first kappa shape index (κ1) is 39.8. The van der Waals surface area contributed by atoms with Crippen molar-refractivity contribution in [2.75, 3.05) is 19.8 Å². The van der Waals surface area contributed by atoms with E-state index in [9.17, 15) is 0 Å². The van der Waals surface area contributed by atoms with Crippen molar-refractivity contribution in [1.82, 2.24) is 5.32 Å². The van der Waals surface area contributed by atoms with Gasteiger partial charge in [-0.1, -0.05) is 48.5 Å². The number of hydrogen-bond donors (Lipinski definition) is 2. The first-order valence-electron chi connectivity index (χ1n) is 15.9.